The Morgan fingerprint density at radius 3 is 2.53 bits per heavy atom. The van der Waals surface area contributed by atoms with Gasteiger partial charge >= 0.3 is 0 Å². The lowest BCUT2D eigenvalue weighted by Crippen LogP contribution is -2.15. The topological polar surface area (TPSA) is 91.5 Å². The van der Waals surface area contributed by atoms with E-state index in [1.54, 1.807) is 61.1 Å². The van der Waals surface area contributed by atoms with Crippen molar-refractivity contribution in [1.29, 1.82) is 0 Å². The lowest BCUT2D eigenvalue weighted by atomic mass is 10.1. The van der Waals surface area contributed by atoms with Crippen LogP contribution in [-0.4, -0.2) is 29.5 Å². The summed E-state index contributed by atoms with van der Waals surface area (Å²) < 4.78 is 11.1. The van der Waals surface area contributed by atoms with Crippen LogP contribution < -0.4 is 15.2 Å². The number of carbonyl (C=O) groups excluding carboxylic acids is 2. The number of nitrogens with two attached hydrogens (primary N) is 1. The molecule has 6 nitrogen and oxygen atoms in total. The number of carbonyl (C=O) groups is 2. The number of nitrogens with zero attached hydrogens (tertiary/aromatic N) is 1. The van der Waals surface area contributed by atoms with Gasteiger partial charge in [0.25, 0.3) is 0 Å². The molecule has 30 heavy (non-hydrogen) atoms. The second-order valence-electron chi connectivity index (χ2n) is 6.06. The maximum Gasteiger partial charge on any atom is 0.248 e. The molecule has 0 saturated heterocycles. The summed E-state index contributed by atoms with van der Waals surface area (Å²) in [4.78, 5) is 26.1. The summed E-state index contributed by atoms with van der Waals surface area (Å²) in [7, 11) is 0. The van der Waals surface area contributed by atoms with E-state index in [1.165, 1.54) is 0 Å². The van der Waals surface area contributed by atoms with Crippen LogP contribution in [0.15, 0.2) is 73.1 Å². The van der Waals surface area contributed by atoms with Gasteiger partial charge in [0.2, 0.25) is 5.91 Å². The Bertz CT molecular complexity index is 950. The SMILES string of the molecule is CS.NC(=O)c1ccccc1.O=C1CCOc2cc(OCc3cccnc3)ccc21. The molecule has 1 aliphatic heterocycles. The van der Waals surface area contributed by atoms with E-state index in [2.05, 4.69) is 17.6 Å². The number of hydrogen-bond donors (Lipinski definition) is 2. The summed E-state index contributed by atoms with van der Waals surface area (Å²) in [6, 6.07) is 17.9. The lowest BCUT2D eigenvalue weighted by molar-refractivity contribution is 0.0932. The Labute approximate surface area is 181 Å². The van der Waals surface area contributed by atoms with Gasteiger partial charge in [-0.3, -0.25) is 14.6 Å². The molecule has 1 aromatic heterocycles. The molecule has 2 N–H and O–H groups in total. The second-order valence-corrected chi connectivity index (χ2v) is 6.06. The Hall–Kier alpha value is -3.32. The highest BCUT2D eigenvalue weighted by Crippen LogP contribution is 2.29. The third kappa shape index (κ3) is 6.93. The molecular formula is C23H24N2O4S. The molecule has 0 spiro atoms. The lowest BCUT2D eigenvalue weighted by Gasteiger charge is -2.17. The maximum absolute atomic E-state index is 11.6. The highest BCUT2D eigenvalue weighted by molar-refractivity contribution is 7.79. The number of ether oxygens (including phenoxy) is 2. The molecule has 0 saturated carbocycles. The Morgan fingerprint density at radius 2 is 1.90 bits per heavy atom. The number of rotatable bonds is 4. The summed E-state index contributed by atoms with van der Waals surface area (Å²) in [6.45, 7) is 0.887. The average Bonchev–Trinajstić information content (AvgIpc) is 2.81. The number of fused-ring (bicyclic) bond motifs is 1. The van der Waals surface area contributed by atoms with E-state index in [4.69, 9.17) is 15.2 Å². The summed E-state index contributed by atoms with van der Waals surface area (Å²) in [6.07, 6.45) is 5.63. The van der Waals surface area contributed by atoms with Crippen LogP contribution in [0.4, 0.5) is 0 Å². The molecule has 2 aromatic carbocycles. The minimum Gasteiger partial charge on any atom is -0.492 e. The number of amides is 1. The highest BCUT2D eigenvalue weighted by Gasteiger charge is 2.18. The van der Waals surface area contributed by atoms with Crippen LogP contribution in [0.3, 0.4) is 0 Å². The zero-order valence-electron chi connectivity index (χ0n) is 16.7. The standard InChI is InChI=1S/C15H13NO3.C7H7NO.CH4S/c17-14-5-7-18-15-8-12(3-4-13(14)15)19-10-11-2-1-6-16-9-11;8-7(9)6-4-2-1-3-5-6;1-2/h1-4,6,8-9H,5,7,10H2;1-5H,(H2,8,9);2H,1H3. The highest BCUT2D eigenvalue weighted by atomic mass is 32.1. The minimum atomic E-state index is -0.379. The largest absolute Gasteiger partial charge is 0.492 e. The van der Waals surface area contributed by atoms with Gasteiger partial charge < -0.3 is 15.2 Å². The maximum atomic E-state index is 11.6. The molecule has 4 rings (SSSR count). The van der Waals surface area contributed by atoms with Gasteiger partial charge in [-0.05, 0) is 36.6 Å². The van der Waals surface area contributed by atoms with Gasteiger partial charge in [0.15, 0.2) is 5.78 Å². The molecule has 2 heterocycles. The predicted molar refractivity (Wildman–Crippen MR) is 119 cm³/mol. The first-order chi connectivity index (χ1) is 14.6. The van der Waals surface area contributed by atoms with E-state index < -0.39 is 0 Å². The van der Waals surface area contributed by atoms with Gasteiger partial charge in [0.1, 0.15) is 18.1 Å². The van der Waals surface area contributed by atoms with E-state index in [9.17, 15) is 9.59 Å². The third-order valence-electron chi connectivity index (χ3n) is 4.03. The van der Waals surface area contributed by atoms with Crippen molar-refractivity contribution in [2.75, 3.05) is 12.9 Å². The molecule has 3 aromatic rings. The van der Waals surface area contributed by atoms with Crippen LogP contribution in [0.25, 0.3) is 0 Å². The van der Waals surface area contributed by atoms with Crippen LogP contribution in [-0.2, 0) is 6.61 Å². The van der Waals surface area contributed by atoms with E-state index >= 15 is 0 Å². The van der Waals surface area contributed by atoms with Crippen molar-refractivity contribution in [3.63, 3.8) is 0 Å². The number of ketones is 1. The van der Waals surface area contributed by atoms with Crippen LogP contribution >= 0.6 is 12.6 Å². The van der Waals surface area contributed by atoms with Crippen LogP contribution in [0.5, 0.6) is 11.5 Å². The van der Waals surface area contributed by atoms with E-state index in [-0.39, 0.29) is 11.7 Å². The van der Waals surface area contributed by atoms with Crippen molar-refractivity contribution >= 4 is 24.3 Å². The Morgan fingerprint density at radius 1 is 1.13 bits per heavy atom. The fourth-order valence-electron chi connectivity index (χ4n) is 2.58. The molecule has 0 aliphatic carbocycles. The molecule has 1 amide bonds. The molecule has 0 unspecified atom stereocenters. The number of primary amides is 1. The minimum absolute atomic E-state index is 0.125. The second kappa shape index (κ2) is 12.3. The number of pyridine rings is 1. The van der Waals surface area contributed by atoms with Gasteiger partial charge in [-0.25, -0.2) is 0 Å². The van der Waals surface area contributed by atoms with Crippen molar-refractivity contribution in [1.82, 2.24) is 4.98 Å². The Kier molecular flexibility index (Phi) is 9.40. The number of Topliss-reactive ketones (excluding diaryl/α,β-unsaturated/α-hetero) is 1. The predicted octanol–water partition coefficient (Wildman–Crippen LogP) is 3.96. The molecule has 0 fully saturated rings. The zero-order valence-corrected chi connectivity index (χ0v) is 17.5. The van der Waals surface area contributed by atoms with Crippen molar-refractivity contribution in [2.24, 2.45) is 5.73 Å². The molecule has 0 radical (unpaired) electrons. The van der Waals surface area contributed by atoms with E-state index in [0.717, 1.165) is 5.56 Å². The van der Waals surface area contributed by atoms with Gasteiger partial charge in [-0.15, -0.1) is 0 Å². The summed E-state index contributed by atoms with van der Waals surface area (Å²) in [5.41, 5.74) is 7.16. The summed E-state index contributed by atoms with van der Waals surface area (Å²) >= 11 is 3.53. The van der Waals surface area contributed by atoms with Crippen molar-refractivity contribution in [2.45, 2.75) is 13.0 Å². The first kappa shape index (κ1) is 23.0. The molecular weight excluding hydrogens is 400 g/mol. The number of aromatic nitrogens is 1. The monoisotopic (exact) mass is 424 g/mol. The van der Waals surface area contributed by atoms with E-state index in [1.807, 2.05) is 18.2 Å². The molecule has 7 heteroatoms. The average molecular weight is 425 g/mol. The van der Waals surface area contributed by atoms with Crippen molar-refractivity contribution < 1.29 is 19.1 Å². The smallest absolute Gasteiger partial charge is 0.248 e. The molecule has 0 atom stereocenters. The fraction of sp³-hybridized carbons (Fsp3) is 0.174. The molecule has 1 aliphatic rings. The van der Waals surface area contributed by atoms with E-state index in [0.29, 0.717) is 42.3 Å². The zero-order chi connectivity index (χ0) is 21.8. The quantitative estimate of drug-likeness (QED) is 0.619. The number of thiol groups is 1. The first-order valence-electron chi connectivity index (χ1n) is 9.25. The van der Waals surface area contributed by atoms with Crippen LogP contribution in [0.2, 0.25) is 0 Å². The number of hydrogen-bond acceptors (Lipinski definition) is 6. The van der Waals surface area contributed by atoms with Gasteiger partial charge in [-0.1, -0.05) is 24.3 Å². The van der Waals surface area contributed by atoms with Crippen molar-refractivity contribution in [3.05, 3.63) is 89.7 Å². The van der Waals surface area contributed by atoms with Crippen LogP contribution in [0.1, 0.15) is 32.7 Å². The van der Waals surface area contributed by atoms with Crippen LogP contribution in [0, 0.1) is 0 Å². The normalized spacial score (nSPS) is 11.5. The van der Waals surface area contributed by atoms with Gasteiger partial charge in [0, 0.05) is 36.0 Å². The molecule has 156 valence electrons. The van der Waals surface area contributed by atoms with Gasteiger partial charge in [-0.2, -0.15) is 12.6 Å². The Balaban J connectivity index is 0.000000245. The van der Waals surface area contributed by atoms with Gasteiger partial charge in [0.05, 0.1) is 12.2 Å². The fourth-order valence-corrected chi connectivity index (χ4v) is 2.58. The van der Waals surface area contributed by atoms with Crippen molar-refractivity contribution in [3.8, 4) is 11.5 Å². The first-order valence-corrected chi connectivity index (χ1v) is 10.1. The summed E-state index contributed by atoms with van der Waals surface area (Å²) in [5, 5.41) is 0. The molecule has 0 bridgehead atoms. The summed E-state index contributed by atoms with van der Waals surface area (Å²) in [5.74, 6) is 1.05. The third-order valence-corrected chi connectivity index (χ3v) is 4.03. The number of benzene rings is 2.